The lowest BCUT2D eigenvalue weighted by Crippen LogP contribution is -2.53. The molecule has 0 radical (unpaired) electrons. The molecule has 8 nitrogen and oxygen atoms in total. The zero-order chi connectivity index (χ0) is 30.8. The normalized spacial score (nSPS) is 21.8. The van der Waals surface area contributed by atoms with Crippen LogP contribution in [0.1, 0.15) is 86.0 Å². The van der Waals surface area contributed by atoms with Crippen molar-refractivity contribution in [3.63, 3.8) is 0 Å². The maximum Gasteiger partial charge on any atom is 0.279 e. The monoisotopic (exact) mass is 601 g/mol. The molecule has 226 valence electrons. The van der Waals surface area contributed by atoms with Gasteiger partial charge in [0.1, 0.15) is 23.0 Å². The Balaban J connectivity index is 1.58. The van der Waals surface area contributed by atoms with Gasteiger partial charge in [0.25, 0.3) is 11.8 Å². The number of allylic oxidation sites excluding steroid dienone is 2. The van der Waals surface area contributed by atoms with E-state index in [-0.39, 0.29) is 23.0 Å². The predicted molar refractivity (Wildman–Crippen MR) is 167 cm³/mol. The summed E-state index contributed by atoms with van der Waals surface area (Å²) in [5.74, 6) is 1.02. The smallest absolute Gasteiger partial charge is 0.279 e. The number of ketones is 1. The van der Waals surface area contributed by atoms with Gasteiger partial charge in [0.05, 0.1) is 24.3 Å². The van der Waals surface area contributed by atoms with Crippen LogP contribution in [0.3, 0.4) is 0 Å². The third kappa shape index (κ3) is 4.76. The Kier molecular flexibility index (Phi) is 7.23. The molecular formula is C34H39N3O5S. The molecule has 1 spiro atoms. The molecular weight excluding hydrogens is 562 g/mol. The molecule has 1 N–H and O–H groups in total. The van der Waals surface area contributed by atoms with Crippen molar-refractivity contribution < 1.29 is 23.9 Å². The summed E-state index contributed by atoms with van der Waals surface area (Å²) in [6.07, 6.45) is 5.58. The maximum absolute atomic E-state index is 14.4. The average Bonchev–Trinajstić information content (AvgIpc) is 3.69. The van der Waals surface area contributed by atoms with Crippen LogP contribution >= 0.6 is 11.9 Å². The Bertz CT molecular complexity index is 1630. The van der Waals surface area contributed by atoms with E-state index in [1.165, 1.54) is 11.9 Å². The highest BCUT2D eigenvalue weighted by molar-refractivity contribution is 7.97. The molecule has 9 heteroatoms. The summed E-state index contributed by atoms with van der Waals surface area (Å²) in [6, 6.07) is 7.60. The van der Waals surface area contributed by atoms with E-state index in [1.807, 2.05) is 49.9 Å². The van der Waals surface area contributed by atoms with Crippen LogP contribution in [0.2, 0.25) is 0 Å². The van der Waals surface area contributed by atoms with Gasteiger partial charge in [-0.15, -0.1) is 0 Å². The molecule has 0 saturated heterocycles. The molecule has 2 aromatic rings. The minimum Gasteiger partial charge on any atom is -0.496 e. The number of carbonyl (C=O) groups excluding carboxylic acids is 3. The highest BCUT2D eigenvalue weighted by atomic mass is 32.2. The lowest BCUT2D eigenvalue weighted by Gasteiger charge is -2.47. The highest BCUT2D eigenvalue weighted by Gasteiger charge is 2.55. The van der Waals surface area contributed by atoms with Crippen molar-refractivity contribution in [2.45, 2.75) is 78.2 Å². The van der Waals surface area contributed by atoms with Gasteiger partial charge in [-0.25, -0.2) is 4.98 Å². The number of nitrogens with zero attached hydrogens (tertiary/aromatic N) is 2. The van der Waals surface area contributed by atoms with Crippen LogP contribution in [0, 0.1) is 19.3 Å². The van der Waals surface area contributed by atoms with Gasteiger partial charge in [-0.3, -0.25) is 19.1 Å². The molecule has 3 heterocycles. The summed E-state index contributed by atoms with van der Waals surface area (Å²) in [4.78, 5) is 47.8. The number of nitrogens with one attached hydrogen (secondary N) is 1. The standard InChI is InChI=1S/C34H39N3O5S/c1-8-37-32(40)28-24(16-33(37,4)5)42-25-17-34(13-14-34)15-22(38)27(25)29(28)26-19(3)20(10-12-23(26)41-6)21-11-9-18(2)30(35-21)31(39)36-43-7/h9-12,29H,8,13-17H2,1-7H3,(H,36,39)/t29-/m0/s1. The van der Waals surface area contributed by atoms with Gasteiger partial charge < -0.3 is 14.4 Å². The number of likely N-dealkylation sites (N-methyl/N-ethyl adjacent to an activating group) is 1. The Morgan fingerprint density at radius 3 is 2.47 bits per heavy atom. The molecule has 2 aliphatic heterocycles. The Morgan fingerprint density at radius 1 is 1.09 bits per heavy atom. The summed E-state index contributed by atoms with van der Waals surface area (Å²) in [7, 11) is 1.61. The SMILES string of the molecule is CCN1C(=O)C2=C(CC1(C)C)OC1=C(C(=O)CC3(CC3)C1)[C@@H]2c1c(OC)ccc(-c2ccc(C)c(C(=O)NSC)n2)c1C. The first-order valence-corrected chi connectivity index (χ1v) is 16.2. The van der Waals surface area contributed by atoms with Crippen molar-refractivity contribution in [3.8, 4) is 17.0 Å². The molecule has 2 aliphatic carbocycles. The van der Waals surface area contributed by atoms with E-state index < -0.39 is 11.5 Å². The number of hydrogen-bond acceptors (Lipinski definition) is 7. The molecule has 6 rings (SSSR count). The summed E-state index contributed by atoms with van der Waals surface area (Å²) in [5, 5.41) is 0. The molecule has 1 aromatic heterocycles. The largest absolute Gasteiger partial charge is 0.496 e. The first-order valence-electron chi connectivity index (χ1n) is 14.9. The number of benzene rings is 1. The second-order valence-corrected chi connectivity index (χ2v) is 13.5. The number of aromatic nitrogens is 1. The van der Waals surface area contributed by atoms with Crippen molar-refractivity contribution in [2.75, 3.05) is 19.9 Å². The minimum absolute atomic E-state index is 0.0112. The Labute approximate surface area is 257 Å². The number of pyridine rings is 1. The third-order valence-corrected chi connectivity index (χ3v) is 10.0. The predicted octanol–water partition coefficient (Wildman–Crippen LogP) is 6.18. The maximum atomic E-state index is 14.4. The number of hydrogen-bond donors (Lipinski definition) is 1. The van der Waals surface area contributed by atoms with Crippen molar-refractivity contribution >= 4 is 29.5 Å². The van der Waals surface area contributed by atoms with E-state index in [2.05, 4.69) is 18.6 Å². The van der Waals surface area contributed by atoms with E-state index >= 15 is 0 Å². The number of rotatable bonds is 6. The lowest BCUT2D eigenvalue weighted by molar-refractivity contribution is -0.134. The molecule has 1 fully saturated rings. The molecule has 1 atom stereocenters. The number of aryl methyl sites for hydroxylation is 1. The van der Waals surface area contributed by atoms with E-state index in [1.54, 1.807) is 13.4 Å². The number of amides is 2. The van der Waals surface area contributed by atoms with Gasteiger partial charge >= 0.3 is 0 Å². The van der Waals surface area contributed by atoms with E-state index in [0.717, 1.165) is 35.1 Å². The second kappa shape index (κ2) is 10.5. The number of Topliss-reactive ketones (excluding diaryl/α,β-unsaturated/α-hetero) is 1. The van der Waals surface area contributed by atoms with E-state index in [9.17, 15) is 14.4 Å². The van der Waals surface area contributed by atoms with Crippen LogP contribution in [-0.4, -0.2) is 52.9 Å². The van der Waals surface area contributed by atoms with Crippen LogP contribution < -0.4 is 9.46 Å². The number of carbonyl (C=O) groups is 3. The zero-order valence-corrected chi connectivity index (χ0v) is 26.8. The average molecular weight is 602 g/mol. The Hall–Kier alpha value is -3.59. The van der Waals surface area contributed by atoms with Crippen LogP contribution in [0.5, 0.6) is 5.75 Å². The molecule has 43 heavy (non-hydrogen) atoms. The van der Waals surface area contributed by atoms with Crippen molar-refractivity contribution in [3.05, 3.63) is 69.3 Å². The molecule has 2 amide bonds. The van der Waals surface area contributed by atoms with E-state index in [0.29, 0.717) is 65.6 Å². The summed E-state index contributed by atoms with van der Waals surface area (Å²) in [5.41, 5.74) is 4.84. The van der Waals surface area contributed by atoms with Gasteiger partial charge in [-0.2, -0.15) is 0 Å². The van der Waals surface area contributed by atoms with Gasteiger partial charge in [0.15, 0.2) is 5.78 Å². The fourth-order valence-corrected chi connectivity index (χ4v) is 7.53. The molecule has 0 bridgehead atoms. The van der Waals surface area contributed by atoms with Gasteiger partial charge in [-0.05, 0) is 82.2 Å². The van der Waals surface area contributed by atoms with Crippen molar-refractivity contribution in [1.29, 1.82) is 0 Å². The van der Waals surface area contributed by atoms with Crippen LogP contribution in [0.4, 0.5) is 0 Å². The first kappa shape index (κ1) is 29.5. The zero-order valence-electron chi connectivity index (χ0n) is 26.0. The third-order valence-electron chi connectivity index (χ3n) is 9.64. The van der Waals surface area contributed by atoms with Crippen molar-refractivity contribution in [2.24, 2.45) is 5.41 Å². The molecule has 1 saturated carbocycles. The molecule has 0 unspecified atom stereocenters. The van der Waals surface area contributed by atoms with Crippen LogP contribution in [-0.2, 0) is 14.3 Å². The summed E-state index contributed by atoms with van der Waals surface area (Å²) < 4.78 is 15.3. The fourth-order valence-electron chi connectivity index (χ4n) is 7.25. The fraction of sp³-hybridized carbons (Fsp3) is 0.471. The molecule has 1 aromatic carbocycles. The number of methoxy groups -OCH3 is 1. The number of ether oxygens (including phenoxy) is 2. The quantitative estimate of drug-likeness (QED) is 0.395. The van der Waals surface area contributed by atoms with E-state index in [4.69, 9.17) is 14.5 Å². The second-order valence-electron chi connectivity index (χ2n) is 12.9. The van der Waals surface area contributed by atoms with Crippen molar-refractivity contribution in [1.82, 2.24) is 14.6 Å². The topological polar surface area (TPSA) is 97.8 Å². The highest BCUT2D eigenvalue weighted by Crippen LogP contribution is 2.61. The Morgan fingerprint density at radius 2 is 1.81 bits per heavy atom. The summed E-state index contributed by atoms with van der Waals surface area (Å²) in [6.45, 7) is 10.5. The molecule has 4 aliphatic rings. The van der Waals surface area contributed by atoms with Crippen LogP contribution in [0.25, 0.3) is 11.3 Å². The minimum atomic E-state index is -0.625. The van der Waals surface area contributed by atoms with Crippen LogP contribution in [0.15, 0.2) is 46.9 Å². The summed E-state index contributed by atoms with van der Waals surface area (Å²) >= 11 is 1.23. The lowest BCUT2D eigenvalue weighted by atomic mass is 9.69. The van der Waals surface area contributed by atoms with Gasteiger partial charge in [0, 0.05) is 54.3 Å². The van der Waals surface area contributed by atoms with Gasteiger partial charge in [0.2, 0.25) is 0 Å². The van der Waals surface area contributed by atoms with Gasteiger partial charge in [-0.1, -0.05) is 18.0 Å². The first-order chi connectivity index (χ1) is 20.4.